The Hall–Kier alpha value is -2.35. The second kappa shape index (κ2) is 5.32. The molecule has 0 saturated carbocycles. The van der Waals surface area contributed by atoms with Crippen molar-refractivity contribution in [1.82, 2.24) is 25.6 Å². The number of rotatable bonds is 3. The molecule has 1 aromatic carbocycles. The quantitative estimate of drug-likeness (QED) is 0.466. The molecular formula is C10H11N7S. The summed E-state index contributed by atoms with van der Waals surface area (Å²) < 4.78 is 1.57. The zero-order valence-corrected chi connectivity index (χ0v) is 10.4. The Balaban J connectivity index is 2.27. The molecule has 1 heterocycles. The van der Waals surface area contributed by atoms with Crippen molar-refractivity contribution in [2.75, 3.05) is 0 Å². The molecule has 0 aliphatic rings. The first-order valence-corrected chi connectivity index (χ1v) is 5.51. The number of nitrogens with two attached hydrogens (primary N) is 1. The van der Waals surface area contributed by atoms with Gasteiger partial charge in [0, 0.05) is 0 Å². The minimum Gasteiger partial charge on any atom is -0.375 e. The largest absolute Gasteiger partial charge is 0.375 e. The van der Waals surface area contributed by atoms with Crippen molar-refractivity contribution >= 4 is 23.0 Å². The molecule has 0 aliphatic heterocycles. The van der Waals surface area contributed by atoms with E-state index in [4.69, 9.17) is 5.73 Å². The van der Waals surface area contributed by atoms with E-state index < -0.39 is 0 Å². The van der Waals surface area contributed by atoms with Gasteiger partial charge in [-0.05, 0) is 47.3 Å². The van der Waals surface area contributed by atoms with Gasteiger partial charge in [0.05, 0.1) is 11.4 Å². The standard InChI is InChI=1S/C10H11N7S/c1-7(13-14-10(11)18)8-3-2-4-9(5-8)17-6-12-15-16-17/h2-6H,1H3,(H3,11,14,18). The summed E-state index contributed by atoms with van der Waals surface area (Å²) in [5.41, 5.74) is 10.4. The molecule has 18 heavy (non-hydrogen) atoms. The lowest BCUT2D eigenvalue weighted by atomic mass is 10.1. The fraction of sp³-hybridized carbons (Fsp3) is 0.100. The molecule has 0 saturated heterocycles. The van der Waals surface area contributed by atoms with Gasteiger partial charge in [-0.3, -0.25) is 5.43 Å². The van der Waals surface area contributed by atoms with Crippen LogP contribution in [0.15, 0.2) is 35.7 Å². The van der Waals surface area contributed by atoms with Gasteiger partial charge in [0.1, 0.15) is 6.33 Å². The van der Waals surface area contributed by atoms with E-state index in [9.17, 15) is 0 Å². The average Bonchev–Trinajstić information content (AvgIpc) is 2.90. The maximum atomic E-state index is 5.31. The van der Waals surface area contributed by atoms with Gasteiger partial charge in [-0.2, -0.15) is 5.10 Å². The number of nitrogens with one attached hydrogen (secondary N) is 1. The first-order chi connectivity index (χ1) is 8.66. The van der Waals surface area contributed by atoms with Crippen LogP contribution < -0.4 is 11.2 Å². The molecule has 8 heteroatoms. The summed E-state index contributed by atoms with van der Waals surface area (Å²) in [6, 6.07) is 7.63. The number of thiocarbonyl (C=S) groups is 1. The van der Waals surface area contributed by atoms with Crippen LogP contribution in [0.4, 0.5) is 0 Å². The minimum absolute atomic E-state index is 0.131. The third-order valence-electron chi connectivity index (χ3n) is 2.21. The van der Waals surface area contributed by atoms with Crippen molar-refractivity contribution in [2.45, 2.75) is 6.92 Å². The Morgan fingerprint density at radius 2 is 2.33 bits per heavy atom. The maximum Gasteiger partial charge on any atom is 0.184 e. The third kappa shape index (κ3) is 2.86. The van der Waals surface area contributed by atoms with Crippen molar-refractivity contribution in [2.24, 2.45) is 10.8 Å². The molecule has 0 aliphatic carbocycles. The molecule has 1 aromatic heterocycles. The average molecular weight is 261 g/mol. The lowest BCUT2D eigenvalue weighted by Crippen LogP contribution is -2.25. The van der Waals surface area contributed by atoms with Crippen LogP contribution in [0.25, 0.3) is 5.69 Å². The molecule has 3 N–H and O–H groups in total. The smallest absolute Gasteiger partial charge is 0.184 e. The van der Waals surface area contributed by atoms with Crippen LogP contribution in [0.5, 0.6) is 0 Å². The molecule has 0 amide bonds. The predicted molar refractivity (Wildman–Crippen MR) is 71.3 cm³/mol. The number of benzene rings is 1. The summed E-state index contributed by atoms with van der Waals surface area (Å²) in [6.45, 7) is 1.85. The molecule has 0 spiro atoms. The van der Waals surface area contributed by atoms with Crippen molar-refractivity contribution < 1.29 is 0 Å². The van der Waals surface area contributed by atoms with Crippen molar-refractivity contribution in [1.29, 1.82) is 0 Å². The summed E-state index contributed by atoms with van der Waals surface area (Å²) in [5.74, 6) is 0. The Kier molecular flexibility index (Phi) is 3.58. The normalized spacial score (nSPS) is 11.3. The first kappa shape index (κ1) is 12.1. The van der Waals surface area contributed by atoms with E-state index in [1.165, 1.54) is 6.33 Å². The fourth-order valence-electron chi connectivity index (χ4n) is 1.36. The van der Waals surface area contributed by atoms with Gasteiger partial charge in [0.25, 0.3) is 0 Å². The fourth-order valence-corrected chi connectivity index (χ4v) is 1.40. The van der Waals surface area contributed by atoms with Gasteiger partial charge in [0.2, 0.25) is 0 Å². The lowest BCUT2D eigenvalue weighted by molar-refractivity contribution is 0.789. The van der Waals surface area contributed by atoms with Crippen molar-refractivity contribution in [3.05, 3.63) is 36.2 Å². The van der Waals surface area contributed by atoms with Gasteiger partial charge >= 0.3 is 0 Å². The Morgan fingerprint density at radius 1 is 1.50 bits per heavy atom. The number of tetrazole rings is 1. The van der Waals surface area contributed by atoms with Crippen LogP contribution >= 0.6 is 12.2 Å². The van der Waals surface area contributed by atoms with Crippen LogP contribution in [-0.4, -0.2) is 31.0 Å². The van der Waals surface area contributed by atoms with E-state index in [0.29, 0.717) is 0 Å². The Morgan fingerprint density at radius 3 is 3.00 bits per heavy atom. The number of aromatic nitrogens is 4. The second-order valence-corrected chi connectivity index (χ2v) is 3.92. The molecule has 92 valence electrons. The minimum atomic E-state index is 0.131. The van der Waals surface area contributed by atoms with Crippen LogP contribution in [-0.2, 0) is 0 Å². The lowest BCUT2D eigenvalue weighted by Gasteiger charge is -2.04. The molecular weight excluding hydrogens is 250 g/mol. The maximum absolute atomic E-state index is 5.31. The zero-order chi connectivity index (χ0) is 13.0. The summed E-state index contributed by atoms with van der Waals surface area (Å²) in [7, 11) is 0. The second-order valence-electron chi connectivity index (χ2n) is 3.48. The highest BCUT2D eigenvalue weighted by Crippen LogP contribution is 2.09. The summed E-state index contributed by atoms with van der Waals surface area (Å²) >= 11 is 4.68. The number of hydrogen-bond acceptors (Lipinski definition) is 5. The monoisotopic (exact) mass is 261 g/mol. The molecule has 0 unspecified atom stereocenters. The molecule has 0 bridgehead atoms. The molecule has 0 atom stereocenters. The highest BCUT2D eigenvalue weighted by atomic mass is 32.1. The van der Waals surface area contributed by atoms with Crippen molar-refractivity contribution in [3.63, 3.8) is 0 Å². The van der Waals surface area contributed by atoms with Crippen LogP contribution in [0, 0.1) is 0 Å². The van der Waals surface area contributed by atoms with E-state index in [-0.39, 0.29) is 5.11 Å². The van der Waals surface area contributed by atoms with Crippen LogP contribution in [0.3, 0.4) is 0 Å². The molecule has 0 fully saturated rings. The number of nitrogens with zero attached hydrogens (tertiary/aromatic N) is 5. The Labute approximate surface area is 109 Å². The highest BCUT2D eigenvalue weighted by Gasteiger charge is 2.02. The topological polar surface area (TPSA) is 94.0 Å². The zero-order valence-electron chi connectivity index (χ0n) is 9.61. The van der Waals surface area contributed by atoms with E-state index >= 15 is 0 Å². The van der Waals surface area contributed by atoms with Crippen molar-refractivity contribution in [3.8, 4) is 5.69 Å². The molecule has 2 aromatic rings. The molecule has 7 nitrogen and oxygen atoms in total. The number of hydrogen-bond donors (Lipinski definition) is 2. The summed E-state index contributed by atoms with van der Waals surface area (Å²) in [5, 5.41) is 15.2. The summed E-state index contributed by atoms with van der Waals surface area (Å²) in [6.07, 6.45) is 1.53. The summed E-state index contributed by atoms with van der Waals surface area (Å²) in [4.78, 5) is 0. The third-order valence-corrected chi connectivity index (χ3v) is 2.30. The predicted octanol–water partition coefficient (Wildman–Crippen LogP) is 0.219. The van der Waals surface area contributed by atoms with Gasteiger partial charge < -0.3 is 5.73 Å². The van der Waals surface area contributed by atoms with Gasteiger partial charge in [0.15, 0.2) is 5.11 Å². The number of hydrazone groups is 1. The van der Waals surface area contributed by atoms with E-state index in [0.717, 1.165) is 17.0 Å². The van der Waals surface area contributed by atoms with Crippen LogP contribution in [0.2, 0.25) is 0 Å². The Bertz CT molecular complexity index is 576. The first-order valence-electron chi connectivity index (χ1n) is 5.10. The van der Waals surface area contributed by atoms with Gasteiger partial charge in [-0.1, -0.05) is 12.1 Å². The SMILES string of the molecule is CC(=NNC(N)=S)c1cccc(-n2cnnn2)c1. The van der Waals surface area contributed by atoms with Gasteiger partial charge in [-0.25, -0.2) is 4.68 Å². The van der Waals surface area contributed by atoms with Gasteiger partial charge in [-0.15, -0.1) is 5.10 Å². The van der Waals surface area contributed by atoms with Crippen LogP contribution in [0.1, 0.15) is 12.5 Å². The molecule has 0 radical (unpaired) electrons. The highest BCUT2D eigenvalue weighted by molar-refractivity contribution is 7.80. The van der Waals surface area contributed by atoms with E-state index in [1.54, 1.807) is 4.68 Å². The van der Waals surface area contributed by atoms with E-state index in [2.05, 4.69) is 38.3 Å². The molecule has 2 rings (SSSR count). The van der Waals surface area contributed by atoms with E-state index in [1.807, 2.05) is 31.2 Å².